The molecule has 8 rings (SSSR count). The van der Waals surface area contributed by atoms with Gasteiger partial charge in [-0.25, -0.2) is 9.48 Å². The third kappa shape index (κ3) is 8.02. The molecule has 1 unspecified atom stereocenters. The van der Waals surface area contributed by atoms with E-state index in [0.29, 0.717) is 69.1 Å². The Kier molecular flexibility index (Phi) is 11.0. The second kappa shape index (κ2) is 15.2. The van der Waals surface area contributed by atoms with E-state index in [-0.39, 0.29) is 24.0 Å². The maximum atomic E-state index is 14.2. The zero-order chi connectivity index (χ0) is 37.5. The Balaban J connectivity index is 1.15. The lowest BCUT2D eigenvalue weighted by atomic mass is 9.43. The largest absolute Gasteiger partial charge is 0.496 e. The molecule has 2 aromatic rings. The summed E-state index contributed by atoms with van der Waals surface area (Å²) >= 11 is 0. The summed E-state index contributed by atoms with van der Waals surface area (Å²) in [5.41, 5.74) is 1.86. The summed E-state index contributed by atoms with van der Waals surface area (Å²) in [6, 6.07) is 5.42. The lowest BCUT2D eigenvalue weighted by Crippen LogP contribution is -2.65. The van der Waals surface area contributed by atoms with Gasteiger partial charge in [0.25, 0.3) is 0 Å². The second-order valence-corrected chi connectivity index (χ2v) is 17.1. The van der Waals surface area contributed by atoms with E-state index >= 15 is 0 Å². The SMILES string of the molecule is COc1c(CC(NC(=O)Cn2nnc(CN3CCOCC3)c2CN2CCOCC2)B2O[C@@H]3C[C@@H]4C[C@@H](C4(C)C)[C@]3(C)O2)cccc1C(=O)OC(C)(C)C. The van der Waals surface area contributed by atoms with Gasteiger partial charge >= 0.3 is 13.1 Å². The molecule has 5 atom stereocenters. The highest BCUT2D eigenvalue weighted by Crippen LogP contribution is 2.65. The lowest BCUT2D eigenvalue weighted by molar-refractivity contribution is -0.199. The molecule has 6 fully saturated rings. The summed E-state index contributed by atoms with van der Waals surface area (Å²) in [6.07, 6.45) is 2.27. The Morgan fingerprint density at radius 1 is 1.02 bits per heavy atom. The lowest BCUT2D eigenvalue weighted by Gasteiger charge is -2.64. The molecule has 6 aliphatic rings. The van der Waals surface area contributed by atoms with E-state index in [2.05, 4.69) is 46.2 Å². The van der Waals surface area contributed by atoms with Crippen LogP contribution in [0.1, 0.15) is 81.7 Å². The molecule has 0 radical (unpaired) electrons. The fraction of sp³-hybridized carbons (Fsp3) is 0.737. The molecule has 1 aromatic heterocycles. The van der Waals surface area contributed by atoms with Gasteiger partial charge in [0.15, 0.2) is 0 Å². The van der Waals surface area contributed by atoms with Crippen molar-refractivity contribution in [1.29, 1.82) is 0 Å². The van der Waals surface area contributed by atoms with E-state index in [1.807, 2.05) is 32.9 Å². The van der Waals surface area contributed by atoms with Crippen LogP contribution in [0.25, 0.3) is 0 Å². The summed E-state index contributed by atoms with van der Waals surface area (Å²) in [5.74, 6) is 0.0379. The Bertz CT molecular complexity index is 1640. The molecule has 53 heavy (non-hydrogen) atoms. The number of carbonyl (C=O) groups is 2. The number of nitrogens with one attached hydrogen (secondary N) is 1. The molecular formula is C38H57BN6O8. The minimum Gasteiger partial charge on any atom is -0.496 e. The van der Waals surface area contributed by atoms with E-state index in [0.717, 1.165) is 56.0 Å². The topological polar surface area (TPSA) is 139 Å². The number of aromatic nitrogens is 3. The number of benzene rings is 1. The molecule has 1 aromatic carbocycles. The van der Waals surface area contributed by atoms with Crippen molar-refractivity contribution in [3.8, 4) is 5.75 Å². The van der Waals surface area contributed by atoms with Crippen molar-refractivity contribution in [3.63, 3.8) is 0 Å². The van der Waals surface area contributed by atoms with Crippen molar-refractivity contribution in [2.75, 3.05) is 59.7 Å². The van der Waals surface area contributed by atoms with Crippen molar-refractivity contribution in [3.05, 3.63) is 40.7 Å². The van der Waals surface area contributed by atoms with E-state index in [1.54, 1.807) is 17.9 Å². The average molecular weight is 737 g/mol. The minimum atomic E-state index is -0.709. The summed E-state index contributed by atoms with van der Waals surface area (Å²) in [5, 5.41) is 12.4. The van der Waals surface area contributed by atoms with Gasteiger partial charge in [0.1, 0.15) is 29.2 Å². The highest BCUT2D eigenvalue weighted by Gasteiger charge is 2.68. The molecule has 14 nitrogen and oxygen atoms in total. The highest BCUT2D eigenvalue weighted by molar-refractivity contribution is 6.48. The fourth-order valence-electron chi connectivity index (χ4n) is 9.13. The molecule has 1 N–H and O–H groups in total. The van der Waals surface area contributed by atoms with Crippen LogP contribution in [0.2, 0.25) is 0 Å². The Hall–Kier alpha value is -3.08. The van der Waals surface area contributed by atoms with Crippen molar-refractivity contribution in [2.24, 2.45) is 17.3 Å². The summed E-state index contributed by atoms with van der Waals surface area (Å²) in [6.45, 7) is 19.5. The third-order valence-electron chi connectivity index (χ3n) is 12.2. The predicted octanol–water partition coefficient (Wildman–Crippen LogP) is 2.90. The number of amides is 1. The number of morpholine rings is 2. The molecule has 2 bridgehead atoms. The van der Waals surface area contributed by atoms with Gasteiger partial charge in [0.05, 0.1) is 56.9 Å². The molecule has 290 valence electrons. The molecule has 15 heteroatoms. The van der Waals surface area contributed by atoms with Gasteiger partial charge in [0, 0.05) is 39.3 Å². The highest BCUT2D eigenvalue weighted by atomic mass is 16.7. The van der Waals surface area contributed by atoms with Gasteiger partial charge in [0.2, 0.25) is 5.91 Å². The zero-order valence-corrected chi connectivity index (χ0v) is 32.5. The van der Waals surface area contributed by atoms with Crippen LogP contribution < -0.4 is 10.1 Å². The maximum Gasteiger partial charge on any atom is 0.482 e. The first-order chi connectivity index (χ1) is 25.2. The monoisotopic (exact) mass is 736 g/mol. The van der Waals surface area contributed by atoms with Crippen molar-refractivity contribution in [1.82, 2.24) is 30.1 Å². The Morgan fingerprint density at radius 3 is 2.34 bits per heavy atom. The predicted molar refractivity (Wildman–Crippen MR) is 196 cm³/mol. The van der Waals surface area contributed by atoms with Gasteiger partial charge in [-0.3, -0.25) is 14.6 Å². The molecule has 3 saturated heterocycles. The number of hydrogen-bond acceptors (Lipinski definition) is 12. The molecule has 0 spiro atoms. The van der Waals surface area contributed by atoms with E-state index in [4.69, 9.17) is 28.3 Å². The third-order valence-corrected chi connectivity index (χ3v) is 12.2. The van der Waals surface area contributed by atoms with Gasteiger partial charge < -0.3 is 33.6 Å². The molecular weight excluding hydrogens is 679 g/mol. The second-order valence-electron chi connectivity index (χ2n) is 17.1. The summed E-state index contributed by atoms with van der Waals surface area (Å²) < 4.78 is 38.1. The number of rotatable bonds is 12. The number of para-hydroxylation sites is 1. The van der Waals surface area contributed by atoms with Crippen LogP contribution in [0.15, 0.2) is 18.2 Å². The van der Waals surface area contributed by atoms with Gasteiger partial charge in [-0.15, -0.1) is 5.10 Å². The van der Waals surface area contributed by atoms with Crippen LogP contribution in [0, 0.1) is 17.3 Å². The van der Waals surface area contributed by atoms with Crippen LogP contribution in [0.3, 0.4) is 0 Å². The normalized spacial score (nSPS) is 27.8. The molecule has 1 amide bonds. The van der Waals surface area contributed by atoms with E-state index in [1.165, 1.54) is 0 Å². The first-order valence-electron chi connectivity index (χ1n) is 19.3. The number of esters is 1. The van der Waals surface area contributed by atoms with Crippen molar-refractivity contribution in [2.45, 2.75) is 104 Å². The van der Waals surface area contributed by atoms with Crippen LogP contribution in [0.5, 0.6) is 5.75 Å². The molecule has 4 heterocycles. The van der Waals surface area contributed by atoms with E-state index < -0.39 is 30.2 Å². The number of carbonyl (C=O) groups excluding carboxylic acids is 2. The smallest absolute Gasteiger partial charge is 0.482 e. The van der Waals surface area contributed by atoms with Crippen LogP contribution >= 0.6 is 0 Å². The summed E-state index contributed by atoms with van der Waals surface area (Å²) in [7, 11) is 0.836. The zero-order valence-electron chi connectivity index (χ0n) is 32.5. The van der Waals surface area contributed by atoms with Crippen LogP contribution in [-0.4, -0.2) is 127 Å². The summed E-state index contributed by atoms with van der Waals surface area (Å²) in [4.78, 5) is 32.1. The molecule has 3 aliphatic carbocycles. The standard InChI is InChI=1S/C38H57BN6O8/c1-36(2,3)51-35(47)27-10-8-9-25(34(27)48-7)19-32(39-52-31-21-26-20-30(37(26,4)5)38(31,6)53-39)40-33(46)24-45-29(23-44-13-17-50-18-14-44)28(41-42-45)22-43-11-15-49-16-12-43/h8-10,26,30-32H,11-24H2,1-7H3,(H,40,46)/t26-,30-,31+,32?,38-/m0/s1. The van der Waals surface area contributed by atoms with Gasteiger partial charge in [-0.1, -0.05) is 31.2 Å². The van der Waals surface area contributed by atoms with Gasteiger partial charge in [-0.05, 0) is 75.8 Å². The molecule has 3 saturated carbocycles. The molecule has 3 aliphatic heterocycles. The number of nitrogens with zero attached hydrogens (tertiary/aromatic N) is 5. The number of ether oxygens (including phenoxy) is 4. The van der Waals surface area contributed by atoms with Crippen molar-refractivity contribution >= 4 is 19.0 Å². The first kappa shape index (κ1) is 38.2. The fourth-order valence-corrected chi connectivity index (χ4v) is 9.13. The number of methoxy groups -OCH3 is 1. The minimum absolute atomic E-state index is 0.0213. The van der Waals surface area contributed by atoms with Gasteiger partial charge in [-0.2, -0.15) is 0 Å². The number of hydrogen-bond donors (Lipinski definition) is 1. The maximum absolute atomic E-state index is 14.2. The Morgan fingerprint density at radius 2 is 1.70 bits per heavy atom. The Labute approximate surface area is 313 Å². The first-order valence-corrected chi connectivity index (χ1v) is 19.3. The van der Waals surface area contributed by atoms with Crippen LogP contribution in [0.4, 0.5) is 0 Å². The quantitative estimate of drug-likeness (QED) is 0.253. The van der Waals surface area contributed by atoms with Crippen molar-refractivity contribution < 1.29 is 37.8 Å². The van der Waals surface area contributed by atoms with Crippen LogP contribution in [-0.2, 0) is 54.4 Å². The van der Waals surface area contributed by atoms with E-state index in [9.17, 15) is 9.59 Å². The average Bonchev–Trinajstić information content (AvgIpc) is 3.67.